The molecule has 5 rings (SSSR count). The number of aromatic nitrogens is 4. The molecule has 1 amide bonds. The fraction of sp³-hybridized carbons (Fsp3) is 0.250. The van der Waals surface area contributed by atoms with Crippen LogP contribution < -0.4 is 10.5 Å². The fourth-order valence-corrected chi connectivity index (χ4v) is 4.96. The largest absolute Gasteiger partial charge is 0.451 e. The van der Waals surface area contributed by atoms with E-state index in [1.165, 1.54) is 32.0 Å². The molecule has 0 spiro atoms. The van der Waals surface area contributed by atoms with E-state index in [-0.39, 0.29) is 40.5 Å². The second-order valence-corrected chi connectivity index (χ2v) is 9.62. The van der Waals surface area contributed by atoms with Gasteiger partial charge in [-0.05, 0) is 37.3 Å². The first-order valence-corrected chi connectivity index (χ1v) is 12.8. The molecular weight excluding hydrogens is 561 g/mol. The number of halogens is 5. The number of carbonyl (C=O) groups is 1. The number of hydrogen-bond acceptors (Lipinski definition) is 7. The summed E-state index contributed by atoms with van der Waals surface area (Å²) in [5.74, 6) is -9.67. The molecule has 1 saturated heterocycles. The summed E-state index contributed by atoms with van der Waals surface area (Å²) in [5, 5.41) is 0. The molecule has 9 nitrogen and oxygen atoms in total. The van der Waals surface area contributed by atoms with Crippen LogP contribution in [-0.2, 0) is 6.42 Å². The number of imidazole rings is 1. The number of nitrogens with one attached hydrogen (secondary N) is 1. The van der Waals surface area contributed by atoms with Gasteiger partial charge >= 0.3 is 0 Å². The zero-order valence-electron chi connectivity index (χ0n) is 22.2. The van der Waals surface area contributed by atoms with Gasteiger partial charge in [0.2, 0.25) is 17.4 Å². The van der Waals surface area contributed by atoms with Gasteiger partial charge in [-0.3, -0.25) is 9.79 Å². The molecule has 1 fully saturated rings. The Labute approximate surface area is 236 Å². The smallest absolute Gasteiger partial charge is 0.271 e. The van der Waals surface area contributed by atoms with Crippen molar-refractivity contribution in [2.75, 3.05) is 25.9 Å². The van der Waals surface area contributed by atoms with Gasteiger partial charge in [-0.2, -0.15) is 8.78 Å². The lowest BCUT2D eigenvalue weighted by atomic mass is 9.90. The Hall–Kier alpha value is -4.88. The molecule has 0 aliphatic carbocycles. The lowest BCUT2D eigenvalue weighted by Gasteiger charge is -2.32. The number of rotatable bonds is 7. The molecule has 218 valence electrons. The molecule has 3 N–H and O–H groups in total. The summed E-state index contributed by atoms with van der Waals surface area (Å²) in [5.41, 5.74) is 7.42. The van der Waals surface area contributed by atoms with Crippen molar-refractivity contribution < 1.29 is 31.5 Å². The number of likely N-dealkylation sites (tertiary alicyclic amines) is 1. The highest BCUT2D eigenvalue weighted by Crippen LogP contribution is 2.33. The van der Waals surface area contributed by atoms with Crippen molar-refractivity contribution in [3.63, 3.8) is 0 Å². The van der Waals surface area contributed by atoms with Gasteiger partial charge in [-0.25, -0.2) is 28.1 Å². The van der Waals surface area contributed by atoms with E-state index in [4.69, 9.17) is 10.5 Å². The van der Waals surface area contributed by atoms with Crippen molar-refractivity contribution in [2.24, 2.45) is 10.9 Å². The maximum absolute atomic E-state index is 15.4. The minimum absolute atomic E-state index is 0.00820. The third-order valence-corrected chi connectivity index (χ3v) is 6.92. The van der Waals surface area contributed by atoms with Crippen LogP contribution >= 0.6 is 0 Å². The number of amides is 1. The van der Waals surface area contributed by atoms with Gasteiger partial charge in [0, 0.05) is 37.8 Å². The Morgan fingerprint density at radius 2 is 1.88 bits per heavy atom. The van der Waals surface area contributed by atoms with E-state index in [0.717, 1.165) is 25.0 Å². The number of ether oxygens (including phenoxy) is 1. The van der Waals surface area contributed by atoms with E-state index < -0.39 is 40.6 Å². The predicted molar refractivity (Wildman–Crippen MR) is 142 cm³/mol. The van der Waals surface area contributed by atoms with Crippen molar-refractivity contribution in [1.82, 2.24) is 24.8 Å². The zero-order chi connectivity index (χ0) is 30.0. The Kier molecular flexibility index (Phi) is 8.13. The molecular formula is C28H24F5N7O2. The monoisotopic (exact) mass is 585 g/mol. The fourth-order valence-electron chi connectivity index (χ4n) is 4.96. The quantitative estimate of drug-likeness (QED) is 0.182. The van der Waals surface area contributed by atoms with Crippen LogP contribution in [-0.4, -0.2) is 56.6 Å². The Bertz CT molecular complexity index is 1640. The Morgan fingerprint density at radius 3 is 2.55 bits per heavy atom. The zero-order valence-corrected chi connectivity index (χ0v) is 22.2. The van der Waals surface area contributed by atoms with E-state index in [0.29, 0.717) is 30.9 Å². The van der Waals surface area contributed by atoms with Gasteiger partial charge in [-0.15, -0.1) is 0 Å². The number of H-pyrrole nitrogens is 1. The van der Waals surface area contributed by atoms with Crippen LogP contribution in [0.1, 0.15) is 40.2 Å². The van der Waals surface area contributed by atoms with Crippen molar-refractivity contribution in [3.05, 3.63) is 94.7 Å². The van der Waals surface area contributed by atoms with E-state index >= 15 is 4.39 Å². The SMILES string of the molecule is CN=C(c1ccc(Oc2c(F)c(F)cc(F)c2F)cc1F)c1c(N)ncnc1CC1CCCN(C(=O)c2cnc[nH]2)C1. The first kappa shape index (κ1) is 28.6. The molecule has 2 aromatic heterocycles. The number of hydrogen-bond donors (Lipinski definition) is 2. The lowest BCUT2D eigenvalue weighted by molar-refractivity contribution is 0.0667. The molecule has 1 aliphatic heterocycles. The second kappa shape index (κ2) is 11.9. The number of nitrogen functional groups attached to an aromatic ring is 1. The number of benzene rings is 2. The molecule has 1 atom stereocenters. The highest BCUT2D eigenvalue weighted by Gasteiger charge is 2.28. The summed E-state index contributed by atoms with van der Waals surface area (Å²) >= 11 is 0. The summed E-state index contributed by atoms with van der Waals surface area (Å²) in [6.45, 7) is 1.04. The van der Waals surface area contributed by atoms with E-state index in [1.807, 2.05) is 0 Å². The molecule has 42 heavy (non-hydrogen) atoms. The van der Waals surface area contributed by atoms with E-state index in [9.17, 15) is 22.4 Å². The molecule has 0 bridgehead atoms. The maximum Gasteiger partial charge on any atom is 0.271 e. The van der Waals surface area contributed by atoms with Crippen LogP contribution in [0.3, 0.4) is 0 Å². The number of nitrogens with zero attached hydrogens (tertiary/aromatic N) is 5. The van der Waals surface area contributed by atoms with Crippen LogP contribution in [0.4, 0.5) is 27.8 Å². The summed E-state index contributed by atoms with van der Waals surface area (Å²) in [4.78, 5) is 34.0. The second-order valence-electron chi connectivity index (χ2n) is 9.62. The molecule has 14 heteroatoms. The van der Waals surface area contributed by atoms with E-state index in [1.54, 1.807) is 4.90 Å². The minimum atomic E-state index is -1.76. The highest BCUT2D eigenvalue weighted by atomic mass is 19.2. The number of anilines is 1. The van der Waals surface area contributed by atoms with Gasteiger partial charge in [-0.1, -0.05) is 0 Å². The minimum Gasteiger partial charge on any atom is -0.451 e. The van der Waals surface area contributed by atoms with Crippen molar-refractivity contribution in [2.45, 2.75) is 19.3 Å². The van der Waals surface area contributed by atoms with Crippen LogP contribution in [0.2, 0.25) is 0 Å². The van der Waals surface area contributed by atoms with Crippen molar-refractivity contribution >= 4 is 17.4 Å². The molecule has 1 unspecified atom stereocenters. The van der Waals surface area contributed by atoms with E-state index in [2.05, 4.69) is 24.9 Å². The molecule has 0 saturated carbocycles. The first-order valence-electron chi connectivity index (χ1n) is 12.8. The predicted octanol–water partition coefficient (Wildman–Crippen LogP) is 4.83. The number of aliphatic imine (C=N–C) groups is 1. The topological polar surface area (TPSA) is 122 Å². The Morgan fingerprint density at radius 1 is 1.12 bits per heavy atom. The maximum atomic E-state index is 15.4. The number of aromatic amines is 1. The number of carbonyl (C=O) groups excluding carboxylic acids is 1. The van der Waals surface area contributed by atoms with Gasteiger partial charge in [0.1, 0.15) is 29.4 Å². The van der Waals surface area contributed by atoms with Gasteiger partial charge in [0.25, 0.3) is 5.91 Å². The standard InChI is InChI=1S/C28H24F5N7O2/c1-35-25(16-5-4-15(8-17(16)29)42-26-23(32)18(30)9-19(31)24(26)33)22-20(38-13-39-27(22)34)7-14-3-2-6-40(11-14)28(41)21-10-36-12-37-21/h4-5,8-10,12-14H,2-3,6-7,11H2,1H3,(H,36,37)(H2,34,38,39). The Balaban J connectivity index is 1.41. The summed E-state index contributed by atoms with van der Waals surface area (Å²) in [6.07, 6.45) is 6.15. The lowest BCUT2D eigenvalue weighted by Crippen LogP contribution is -2.40. The van der Waals surface area contributed by atoms with Crippen molar-refractivity contribution in [3.8, 4) is 11.5 Å². The highest BCUT2D eigenvalue weighted by molar-refractivity contribution is 6.16. The van der Waals surface area contributed by atoms with Crippen LogP contribution in [0.15, 0.2) is 48.1 Å². The van der Waals surface area contributed by atoms with Gasteiger partial charge < -0.3 is 20.4 Å². The molecule has 4 aromatic rings. The average molecular weight is 586 g/mol. The summed E-state index contributed by atoms with van der Waals surface area (Å²) < 4.78 is 75.6. The summed E-state index contributed by atoms with van der Waals surface area (Å²) in [6, 6.07) is 3.21. The van der Waals surface area contributed by atoms with Gasteiger partial charge in [0.15, 0.2) is 11.6 Å². The van der Waals surface area contributed by atoms with Gasteiger partial charge in [0.05, 0.1) is 29.5 Å². The van der Waals surface area contributed by atoms with Crippen LogP contribution in [0.5, 0.6) is 11.5 Å². The van der Waals surface area contributed by atoms with Crippen LogP contribution in [0, 0.1) is 35.0 Å². The number of piperidine rings is 1. The molecule has 3 heterocycles. The van der Waals surface area contributed by atoms with Crippen molar-refractivity contribution in [1.29, 1.82) is 0 Å². The third kappa shape index (κ3) is 5.64. The normalized spacial score (nSPS) is 15.6. The molecule has 0 radical (unpaired) electrons. The van der Waals surface area contributed by atoms with Crippen LogP contribution in [0.25, 0.3) is 0 Å². The molecule has 2 aromatic carbocycles. The first-order chi connectivity index (χ1) is 20.2. The average Bonchev–Trinajstić information content (AvgIpc) is 3.52. The summed E-state index contributed by atoms with van der Waals surface area (Å²) in [7, 11) is 1.42. The number of nitrogens with two attached hydrogens (primary N) is 1. The molecule has 1 aliphatic rings. The third-order valence-electron chi connectivity index (χ3n) is 6.92.